The second-order valence-corrected chi connectivity index (χ2v) is 4.47. The summed E-state index contributed by atoms with van der Waals surface area (Å²) in [6.07, 6.45) is 7.20. The zero-order valence-electron chi connectivity index (χ0n) is 8.76. The van der Waals surface area contributed by atoms with Crippen LogP contribution in [0.15, 0.2) is 0 Å². The van der Waals surface area contributed by atoms with Gasteiger partial charge < -0.3 is 4.48 Å². The Kier molecular flexibility index (Phi) is 4.24. The molecular weight excluding hydrogens is 160 g/mol. The first-order chi connectivity index (χ1) is 6.27. The lowest BCUT2D eigenvalue weighted by Crippen LogP contribution is -2.41. The van der Waals surface area contributed by atoms with Gasteiger partial charge in [0.1, 0.15) is 0 Å². The van der Waals surface area contributed by atoms with E-state index in [4.69, 9.17) is 5.26 Å². The minimum Gasteiger partial charge on any atom is -0.326 e. The topological polar surface area (TPSA) is 23.8 Å². The van der Waals surface area contributed by atoms with E-state index in [-0.39, 0.29) is 0 Å². The van der Waals surface area contributed by atoms with E-state index >= 15 is 0 Å². The van der Waals surface area contributed by atoms with Crippen molar-refractivity contribution in [1.29, 1.82) is 5.26 Å². The summed E-state index contributed by atoms with van der Waals surface area (Å²) in [5.74, 6) is 0. The highest BCUT2D eigenvalue weighted by Crippen LogP contribution is 2.17. The molecule has 0 aromatic rings. The molecule has 1 fully saturated rings. The zero-order chi connectivity index (χ0) is 9.57. The van der Waals surface area contributed by atoms with E-state index in [2.05, 4.69) is 13.1 Å². The molecular formula is C11H21N2+. The van der Waals surface area contributed by atoms with Gasteiger partial charge in [0.05, 0.1) is 32.8 Å². The molecule has 1 aliphatic heterocycles. The SMILES string of the molecule is C[N+]1(CCCCCC#N)CCCC1. The molecule has 2 nitrogen and oxygen atoms in total. The molecule has 0 spiro atoms. The molecule has 0 atom stereocenters. The van der Waals surface area contributed by atoms with Crippen molar-refractivity contribution in [2.24, 2.45) is 0 Å². The summed E-state index contributed by atoms with van der Waals surface area (Å²) in [5, 5.41) is 8.37. The molecule has 2 heteroatoms. The van der Waals surface area contributed by atoms with Crippen LogP contribution in [0.1, 0.15) is 38.5 Å². The minimum absolute atomic E-state index is 0.740. The fourth-order valence-corrected chi connectivity index (χ4v) is 2.20. The molecule has 1 saturated heterocycles. The average molecular weight is 181 g/mol. The van der Waals surface area contributed by atoms with E-state index < -0.39 is 0 Å². The van der Waals surface area contributed by atoms with Crippen molar-refractivity contribution in [1.82, 2.24) is 0 Å². The first-order valence-electron chi connectivity index (χ1n) is 5.47. The predicted molar refractivity (Wildman–Crippen MR) is 54.1 cm³/mol. The normalized spacial score (nSPS) is 20.0. The average Bonchev–Trinajstić information content (AvgIpc) is 2.53. The van der Waals surface area contributed by atoms with Gasteiger partial charge in [0.2, 0.25) is 0 Å². The molecule has 0 aliphatic carbocycles. The van der Waals surface area contributed by atoms with Gasteiger partial charge in [0.25, 0.3) is 0 Å². The Morgan fingerprint density at radius 1 is 1.15 bits per heavy atom. The van der Waals surface area contributed by atoms with Gasteiger partial charge >= 0.3 is 0 Å². The number of quaternary nitrogens is 1. The third kappa shape index (κ3) is 3.78. The van der Waals surface area contributed by atoms with Crippen LogP contribution < -0.4 is 0 Å². The van der Waals surface area contributed by atoms with Crippen LogP contribution >= 0.6 is 0 Å². The van der Waals surface area contributed by atoms with E-state index in [1.54, 1.807) is 0 Å². The van der Waals surface area contributed by atoms with Gasteiger partial charge in [0.15, 0.2) is 0 Å². The molecule has 0 bridgehead atoms. The zero-order valence-corrected chi connectivity index (χ0v) is 8.76. The largest absolute Gasteiger partial charge is 0.326 e. The quantitative estimate of drug-likeness (QED) is 0.471. The number of hydrogen-bond acceptors (Lipinski definition) is 1. The van der Waals surface area contributed by atoms with Crippen LogP contribution in [0.4, 0.5) is 0 Å². The maximum atomic E-state index is 8.37. The standard InChI is InChI=1S/C11H21N2/c1-13(10-6-7-11-13)9-5-3-2-4-8-12/h2-7,9-11H2,1H3/q+1. The number of nitrogens with zero attached hydrogens (tertiary/aromatic N) is 2. The van der Waals surface area contributed by atoms with E-state index in [0.717, 1.165) is 12.8 Å². The monoisotopic (exact) mass is 181 g/mol. The van der Waals surface area contributed by atoms with Gasteiger partial charge in [0, 0.05) is 19.3 Å². The summed E-state index contributed by atoms with van der Waals surface area (Å²) in [7, 11) is 2.37. The van der Waals surface area contributed by atoms with Crippen LogP contribution in [0.2, 0.25) is 0 Å². The molecule has 1 heterocycles. The molecule has 0 N–H and O–H groups in total. The lowest BCUT2D eigenvalue weighted by Gasteiger charge is -2.29. The summed E-state index contributed by atoms with van der Waals surface area (Å²) >= 11 is 0. The molecule has 1 rings (SSSR count). The predicted octanol–water partition coefficient (Wildman–Crippen LogP) is 2.31. The molecule has 74 valence electrons. The fraction of sp³-hybridized carbons (Fsp3) is 0.909. The molecule has 0 radical (unpaired) electrons. The first-order valence-corrected chi connectivity index (χ1v) is 5.47. The van der Waals surface area contributed by atoms with Crippen LogP contribution in [-0.4, -0.2) is 31.2 Å². The van der Waals surface area contributed by atoms with Crippen molar-refractivity contribution in [2.75, 3.05) is 26.7 Å². The Balaban J connectivity index is 2.02. The number of likely N-dealkylation sites (tertiary alicyclic amines) is 1. The van der Waals surface area contributed by atoms with Crippen molar-refractivity contribution in [2.45, 2.75) is 38.5 Å². The Bertz CT molecular complexity index is 175. The van der Waals surface area contributed by atoms with E-state index in [1.165, 1.54) is 49.8 Å². The second kappa shape index (κ2) is 5.24. The van der Waals surface area contributed by atoms with Crippen LogP contribution in [0, 0.1) is 11.3 Å². The molecule has 0 aromatic carbocycles. The summed E-state index contributed by atoms with van der Waals surface area (Å²) in [6, 6.07) is 2.20. The van der Waals surface area contributed by atoms with Gasteiger partial charge in [-0.15, -0.1) is 0 Å². The summed E-state index contributed by atoms with van der Waals surface area (Å²) < 4.78 is 1.28. The maximum absolute atomic E-state index is 8.37. The van der Waals surface area contributed by atoms with Crippen LogP contribution in [0.25, 0.3) is 0 Å². The fourth-order valence-electron chi connectivity index (χ4n) is 2.20. The van der Waals surface area contributed by atoms with Crippen molar-refractivity contribution in [3.05, 3.63) is 0 Å². The Labute approximate surface area is 81.7 Å². The molecule has 0 saturated carbocycles. The van der Waals surface area contributed by atoms with Gasteiger partial charge in [-0.05, 0) is 19.3 Å². The highest BCUT2D eigenvalue weighted by Gasteiger charge is 2.25. The van der Waals surface area contributed by atoms with Crippen LogP contribution in [-0.2, 0) is 0 Å². The van der Waals surface area contributed by atoms with E-state index in [1.807, 2.05) is 0 Å². The first kappa shape index (κ1) is 10.5. The lowest BCUT2D eigenvalue weighted by atomic mass is 10.2. The molecule has 0 aromatic heterocycles. The van der Waals surface area contributed by atoms with Crippen molar-refractivity contribution in [3.8, 4) is 6.07 Å². The number of unbranched alkanes of at least 4 members (excludes halogenated alkanes) is 3. The highest BCUT2D eigenvalue weighted by molar-refractivity contribution is 4.67. The lowest BCUT2D eigenvalue weighted by molar-refractivity contribution is -0.897. The number of nitriles is 1. The van der Waals surface area contributed by atoms with Gasteiger partial charge in [-0.25, -0.2) is 0 Å². The van der Waals surface area contributed by atoms with Crippen LogP contribution in [0.3, 0.4) is 0 Å². The third-order valence-electron chi connectivity index (χ3n) is 3.13. The van der Waals surface area contributed by atoms with Crippen molar-refractivity contribution in [3.63, 3.8) is 0 Å². The minimum atomic E-state index is 0.740. The van der Waals surface area contributed by atoms with Crippen molar-refractivity contribution >= 4 is 0 Å². The molecule has 0 unspecified atom stereocenters. The van der Waals surface area contributed by atoms with Crippen molar-refractivity contribution < 1.29 is 4.48 Å². The molecule has 0 amide bonds. The Morgan fingerprint density at radius 2 is 1.85 bits per heavy atom. The van der Waals surface area contributed by atoms with Crippen LogP contribution in [0.5, 0.6) is 0 Å². The smallest absolute Gasteiger partial charge is 0.0786 e. The van der Waals surface area contributed by atoms with E-state index in [0.29, 0.717) is 0 Å². The van der Waals surface area contributed by atoms with Gasteiger partial charge in [-0.1, -0.05) is 0 Å². The maximum Gasteiger partial charge on any atom is 0.0786 e. The summed E-state index contributed by atoms with van der Waals surface area (Å²) in [5.41, 5.74) is 0. The Morgan fingerprint density at radius 3 is 2.46 bits per heavy atom. The van der Waals surface area contributed by atoms with Gasteiger partial charge in [-0.3, -0.25) is 0 Å². The third-order valence-corrected chi connectivity index (χ3v) is 3.13. The van der Waals surface area contributed by atoms with Gasteiger partial charge in [-0.2, -0.15) is 5.26 Å². The molecule has 1 aliphatic rings. The number of hydrogen-bond donors (Lipinski definition) is 0. The number of rotatable bonds is 5. The second-order valence-electron chi connectivity index (χ2n) is 4.47. The highest BCUT2D eigenvalue weighted by atomic mass is 15.3. The Hall–Kier alpha value is -0.550. The summed E-state index contributed by atoms with van der Waals surface area (Å²) in [4.78, 5) is 0. The van der Waals surface area contributed by atoms with E-state index in [9.17, 15) is 0 Å². The summed E-state index contributed by atoms with van der Waals surface area (Å²) in [6.45, 7) is 4.07. The molecule has 13 heavy (non-hydrogen) atoms.